The number of carbonyl (C=O) groups excluding carboxylic acids is 1. The first-order chi connectivity index (χ1) is 9.38. The summed E-state index contributed by atoms with van der Waals surface area (Å²) in [6.45, 7) is 0. The van der Waals surface area contributed by atoms with Crippen LogP contribution in [0.25, 0.3) is 0 Å². The summed E-state index contributed by atoms with van der Waals surface area (Å²) < 4.78 is 37.2. The third-order valence-corrected chi connectivity index (χ3v) is 4.47. The fourth-order valence-corrected chi connectivity index (χ4v) is 3.19. The molecule has 0 aromatic heterocycles. The van der Waals surface area contributed by atoms with Crippen molar-refractivity contribution in [2.75, 3.05) is 5.75 Å². The van der Waals surface area contributed by atoms with Crippen LogP contribution in [0, 0.1) is 5.82 Å². The van der Waals surface area contributed by atoms with E-state index >= 15 is 0 Å². The van der Waals surface area contributed by atoms with E-state index in [9.17, 15) is 17.6 Å². The molecule has 0 saturated carbocycles. The molecule has 0 radical (unpaired) electrons. The summed E-state index contributed by atoms with van der Waals surface area (Å²) in [5.41, 5.74) is 0.0237. The molecule has 0 amide bonds. The van der Waals surface area contributed by atoms with Crippen LogP contribution in [0.2, 0.25) is 5.02 Å². The number of hydrogen-bond donors (Lipinski definition) is 0. The first kappa shape index (κ1) is 14.7. The van der Waals surface area contributed by atoms with Crippen molar-refractivity contribution in [1.29, 1.82) is 0 Å². The van der Waals surface area contributed by atoms with Gasteiger partial charge in [-0.25, -0.2) is 12.8 Å². The van der Waals surface area contributed by atoms with E-state index in [2.05, 4.69) is 0 Å². The number of halogens is 2. The molecule has 2 aromatic carbocycles. The zero-order chi connectivity index (χ0) is 14.8. The second kappa shape index (κ2) is 5.73. The summed E-state index contributed by atoms with van der Waals surface area (Å²) in [7, 11) is -3.80. The van der Waals surface area contributed by atoms with Gasteiger partial charge in [0.25, 0.3) is 0 Å². The topological polar surface area (TPSA) is 51.2 Å². The monoisotopic (exact) mass is 312 g/mol. The average molecular weight is 313 g/mol. The largest absolute Gasteiger partial charge is 0.293 e. The SMILES string of the molecule is O=C(CS(=O)(=O)c1cccc(Cl)c1)c1cccc(F)c1. The molecule has 0 spiro atoms. The molecule has 0 atom stereocenters. The Kier molecular flexibility index (Phi) is 4.20. The van der Waals surface area contributed by atoms with Crippen LogP contribution < -0.4 is 0 Å². The maximum atomic E-state index is 13.0. The zero-order valence-electron chi connectivity index (χ0n) is 10.2. The zero-order valence-corrected chi connectivity index (χ0v) is 11.8. The van der Waals surface area contributed by atoms with E-state index in [1.165, 1.54) is 42.5 Å². The molecule has 0 heterocycles. The van der Waals surface area contributed by atoms with E-state index in [4.69, 9.17) is 11.6 Å². The molecule has 20 heavy (non-hydrogen) atoms. The molecular weight excluding hydrogens is 303 g/mol. The molecule has 0 unspecified atom stereocenters. The van der Waals surface area contributed by atoms with E-state index in [1.807, 2.05) is 0 Å². The Bertz CT molecular complexity index is 757. The summed E-state index contributed by atoms with van der Waals surface area (Å²) in [4.78, 5) is 11.9. The predicted molar refractivity (Wildman–Crippen MR) is 74.2 cm³/mol. The minimum absolute atomic E-state index is 0.0237. The van der Waals surface area contributed by atoms with E-state index in [0.717, 1.165) is 6.07 Å². The van der Waals surface area contributed by atoms with Crippen LogP contribution in [0.1, 0.15) is 10.4 Å². The van der Waals surface area contributed by atoms with Gasteiger partial charge in [-0.2, -0.15) is 0 Å². The highest BCUT2D eigenvalue weighted by molar-refractivity contribution is 7.92. The lowest BCUT2D eigenvalue weighted by Crippen LogP contribution is -2.16. The highest BCUT2D eigenvalue weighted by Gasteiger charge is 2.20. The predicted octanol–water partition coefficient (Wildman–Crippen LogP) is 3.14. The van der Waals surface area contributed by atoms with Gasteiger partial charge < -0.3 is 0 Å². The first-order valence-corrected chi connectivity index (χ1v) is 7.68. The number of hydrogen-bond acceptors (Lipinski definition) is 3. The van der Waals surface area contributed by atoms with Gasteiger partial charge in [-0.3, -0.25) is 4.79 Å². The van der Waals surface area contributed by atoms with Crippen molar-refractivity contribution in [3.8, 4) is 0 Å². The highest BCUT2D eigenvalue weighted by Crippen LogP contribution is 2.18. The molecule has 2 aromatic rings. The van der Waals surface area contributed by atoms with Crippen LogP contribution in [0.15, 0.2) is 53.4 Å². The fourth-order valence-electron chi connectivity index (χ4n) is 1.66. The Balaban J connectivity index is 2.27. The first-order valence-electron chi connectivity index (χ1n) is 5.65. The van der Waals surface area contributed by atoms with Gasteiger partial charge in [-0.15, -0.1) is 0 Å². The van der Waals surface area contributed by atoms with Gasteiger partial charge in [0.2, 0.25) is 0 Å². The van der Waals surface area contributed by atoms with E-state index in [-0.39, 0.29) is 15.5 Å². The van der Waals surface area contributed by atoms with Crippen LogP contribution in [0.4, 0.5) is 4.39 Å². The second-order valence-corrected chi connectivity index (χ2v) is 6.58. The Morgan fingerprint density at radius 1 is 1.10 bits per heavy atom. The number of Topliss-reactive ketones (excluding diaryl/α,β-unsaturated/α-hetero) is 1. The lowest BCUT2D eigenvalue weighted by atomic mass is 10.1. The summed E-state index contributed by atoms with van der Waals surface area (Å²) >= 11 is 5.73. The number of carbonyl (C=O) groups is 1. The van der Waals surface area contributed by atoms with Crippen molar-refractivity contribution in [1.82, 2.24) is 0 Å². The molecule has 3 nitrogen and oxygen atoms in total. The smallest absolute Gasteiger partial charge is 0.185 e. The average Bonchev–Trinajstić information content (AvgIpc) is 2.38. The van der Waals surface area contributed by atoms with Crippen molar-refractivity contribution in [2.24, 2.45) is 0 Å². The highest BCUT2D eigenvalue weighted by atomic mass is 35.5. The molecule has 0 N–H and O–H groups in total. The Labute approximate surface area is 120 Å². The number of ketones is 1. The van der Waals surface area contributed by atoms with E-state index in [1.54, 1.807) is 0 Å². The Hall–Kier alpha value is -1.72. The van der Waals surface area contributed by atoms with Crippen LogP contribution in [-0.2, 0) is 9.84 Å². The normalized spacial score (nSPS) is 11.3. The van der Waals surface area contributed by atoms with Crippen molar-refractivity contribution in [3.63, 3.8) is 0 Å². The van der Waals surface area contributed by atoms with Crippen molar-refractivity contribution in [3.05, 3.63) is 64.9 Å². The van der Waals surface area contributed by atoms with Gasteiger partial charge >= 0.3 is 0 Å². The van der Waals surface area contributed by atoms with Crippen LogP contribution in [0.5, 0.6) is 0 Å². The molecule has 0 fully saturated rings. The summed E-state index contributed by atoms with van der Waals surface area (Å²) in [6, 6.07) is 10.6. The number of rotatable bonds is 4. The van der Waals surface area contributed by atoms with Gasteiger partial charge in [-0.1, -0.05) is 29.8 Å². The fraction of sp³-hybridized carbons (Fsp3) is 0.0714. The lowest BCUT2D eigenvalue weighted by molar-refractivity contribution is 0.102. The Morgan fingerprint density at radius 3 is 2.45 bits per heavy atom. The van der Waals surface area contributed by atoms with Crippen LogP contribution in [-0.4, -0.2) is 20.0 Å². The standard InChI is InChI=1S/C14H10ClFO3S/c15-11-4-2-6-13(8-11)20(18,19)9-14(17)10-3-1-5-12(16)7-10/h1-8H,9H2. The molecule has 0 aliphatic heterocycles. The van der Waals surface area contributed by atoms with Crippen LogP contribution in [0.3, 0.4) is 0 Å². The molecule has 0 aliphatic carbocycles. The van der Waals surface area contributed by atoms with E-state index in [0.29, 0.717) is 0 Å². The maximum absolute atomic E-state index is 13.0. The van der Waals surface area contributed by atoms with Gasteiger partial charge in [-0.05, 0) is 30.3 Å². The summed E-state index contributed by atoms with van der Waals surface area (Å²) in [5.74, 6) is -1.97. The second-order valence-electron chi connectivity index (χ2n) is 4.15. The third-order valence-electron chi connectivity index (χ3n) is 2.62. The molecule has 0 aliphatic rings. The molecule has 0 bridgehead atoms. The molecule has 2 rings (SSSR count). The van der Waals surface area contributed by atoms with Gasteiger partial charge in [0.05, 0.1) is 4.90 Å². The molecule has 0 saturated heterocycles. The molecule has 6 heteroatoms. The minimum atomic E-state index is -3.80. The van der Waals surface area contributed by atoms with Crippen molar-refractivity contribution in [2.45, 2.75) is 4.90 Å². The van der Waals surface area contributed by atoms with Gasteiger partial charge in [0.15, 0.2) is 15.6 Å². The van der Waals surface area contributed by atoms with Gasteiger partial charge in [0, 0.05) is 10.6 Å². The minimum Gasteiger partial charge on any atom is -0.293 e. The van der Waals surface area contributed by atoms with E-state index < -0.39 is 27.2 Å². The number of sulfone groups is 1. The van der Waals surface area contributed by atoms with Gasteiger partial charge in [0.1, 0.15) is 11.6 Å². The van der Waals surface area contributed by atoms with Crippen molar-refractivity contribution >= 4 is 27.2 Å². The number of benzene rings is 2. The molecule has 104 valence electrons. The van der Waals surface area contributed by atoms with Crippen molar-refractivity contribution < 1.29 is 17.6 Å². The quantitative estimate of drug-likeness (QED) is 0.815. The summed E-state index contributed by atoms with van der Waals surface area (Å²) in [6.07, 6.45) is 0. The lowest BCUT2D eigenvalue weighted by Gasteiger charge is -2.04. The maximum Gasteiger partial charge on any atom is 0.185 e. The van der Waals surface area contributed by atoms with Crippen LogP contribution >= 0.6 is 11.6 Å². The summed E-state index contributed by atoms with van der Waals surface area (Å²) in [5, 5.41) is 0.268. The molecular formula is C14H10ClFO3S. The third kappa shape index (κ3) is 3.43. The Morgan fingerprint density at radius 2 is 1.80 bits per heavy atom.